The van der Waals surface area contributed by atoms with Gasteiger partial charge in [0.15, 0.2) is 0 Å². The number of anilines is 1. The monoisotopic (exact) mass is 319 g/mol. The Balaban J connectivity index is 0.00000242. The van der Waals surface area contributed by atoms with Crippen molar-refractivity contribution in [3.63, 3.8) is 0 Å². The number of nitrogen functional groups attached to an aromatic ring is 1. The van der Waals surface area contributed by atoms with E-state index in [0.717, 1.165) is 12.1 Å². The molecule has 22 heavy (non-hydrogen) atoms. The summed E-state index contributed by atoms with van der Waals surface area (Å²) in [6.07, 6.45) is 2.67. The summed E-state index contributed by atoms with van der Waals surface area (Å²) in [7, 11) is 0. The van der Waals surface area contributed by atoms with Gasteiger partial charge in [0, 0.05) is 11.7 Å². The molecule has 1 heterocycles. The van der Waals surface area contributed by atoms with Gasteiger partial charge in [0.25, 0.3) is 0 Å². The number of nitrogens with one attached hydrogen (secondary N) is 1. The van der Waals surface area contributed by atoms with E-state index in [1.54, 1.807) is 18.3 Å². The lowest BCUT2D eigenvalue weighted by Gasteiger charge is -2.15. The van der Waals surface area contributed by atoms with E-state index in [2.05, 4.69) is 29.4 Å². The van der Waals surface area contributed by atoms with Crippen LogP contribution >= 0.6 is 12.4 Å². The Labute approximate surface area is 137 Å². The molecule has 0 radical (unpaired) electrons. The van der Waals surface area contributed by atoms with Crippen LogP contribution in [0.2, 0.25) is 0 Å². The molecule has 2 rings (SSSR count). The first-order valence-electron chi connectivity index (χ1n) is 7.09. The van der Waals surface area contributed by atoms with Crippen molar-refractivity contribution in [2.75, 3.05) is 5.73 Å². The van der Waals surface area contributed by atoms with Crippen molar-refractivity contribution in [1.82, 2.24) is 10.3 Å². The quantitative estimate of drug-likeness (QED) is 0.890. The number of benzene rings is 1. The van der Waals surface area contributed by atoms with Crippen molar-refractivity contribution in [2.24, 2.45) is 0 Å². The minimum Gasteiger partial charge on any atom is -0.397 e. The Kier molecular flexibility index (Phi) is 6.86. The van der Waals surface area contributed by atoms with Gasteiger partial charge in [-0.2, -0.15) is 0 Å². The van der Waals surface area contributed by atoms with Crippen LogP contribution < -0.4 is 11.1 Å². The average molecular weight is 320 g/mol. The first kappa shape index (κ1) is 18.0. The summed E-state index contributed by atoms with van der Waals surface area (Å²) in [6, 6.07) is 11.9. The summed E-state index contributed by atoms with van der Waals surface area (Å²) in [5.41, 5.74) is 9.41. The fourth-order valence-electron chi connectivity index (χ4n) is 2.25. The number of pyridine rings is 1. The van der Waals surface area contributed by atoms with Crippen LogP contribution in [0.25, 0.3) is 0 Å². The van der Waals surface area contributed by atoms with E-state index in [-0.39, 0.29) is 30.8 Å². The molecule has 5 heteroatoms. The van der Waals surface area contributed by atoms with Crippen molar-refractivity contribution in [2.45, 2.75) is 32.7 Å². The number of hydrogen-bond donors (Lipinski definition) is 2. The molecule has 1 aromatic heterocycles. The smallest absolute Gasteiger partial charge is 0.226 e. The number of amides is 1. The molecule has 0 spiro atoms. The second-order valence-corrected chi connectivity index (χ2v) is 5.36. The van der Waals surface area contributed by atoms with Gasteiger partial charge in [-0.25, -0.2) is 0 Å². The Hall–Kier alpha value is -2.07. The lowest BCUT2D eigenvalue weighted by atomic mass is 10.0. The highest BCUT2D eigenvalue weighted by molar-refractivity contribution is 5.85. The Morgan fingerprint density at radius 2 is 2.00 bits per heavy atom. The molecule has 2 aromatic rings. The van der Waals surface area contributed by atoms with Crippen molar-refractivity contribution < 1.29 is 4.79 Å². The maximum absolute atomic E-state index is 12.0. The van der Waals surface area contributed by atoms with E-state index < -0.39 is 0 Å². The van der Waals surface area contributed by atoms with E-state index in [1.165, 1.54) is 11.1 Å². The normalized spacial score (nSPS) is 11.4. The number of carbonyl (C=O) groups excluding carboxylic acids is 1. The number of carbonyl (C=O) groups is 1. The van der Waals surface area contributed by atoms with Crippen LogP contribution in [0.1, 0.15) is 23.7 Å². The summed E-state index contributed by atoms with van der Waals surface area (Å²) in [4.78, 5) is 16.1. The minimum atomic E-state index is -0.0200. The third-order valence-corrected chi connectivity index (χ3v) is 3.38. The van der Waals surface area contributed by atoms with Gasteiger partial charge in [0.05, 0.1) is 18.3 Å². The molecule has 1 aromatic carbocycles. The van der Waals surface area contributed by atoms with Gasteiger partial charge in [-0.05, 0) is 43.5 Å². The standard InChI is InChI=1S/C17H21N3O.ClH/c1-12-5-3-4-6-14(12)9-13(2)20-17(21)10-16-8-7-15(18)11-19-16;/h3-8,11,13H,9-10,18H2,1-2H3,(H,20,21);1H. The predicted octanol–water partition coefficient (Wildman–Crippen LogP) is 2.68. The number of rotatable bonds is 5. The summed E-state index contributed by atoms with van der Waals surface area (Å²) in [5, 5.41) is 3.01. The van der Waals surface area contributed by atoms with Crippen molar-refractivity contribution >= 4 is 24.0 Å². The lowest BCUT2D eigenvalue weighted by Crippen LogP contribution is -2.35. The molecular formula is C17H22ClN3O. The summed E-state index contributed by atoms with van der Waals surface area (Å²) >= 11 is 0. The van der Waals surface area contributed by atoms with E-state index in [4.69, 9.17) is 5.73 Å². The largest absolute Gasteiger partial charge is 0.397 e. The molecule has 0 saturated heterocycles. The van der Waals surface area contributed by atoms with Crippen LogP contribution in [0, 0.1) is 6.92 Å². The van der Waals surface area contributed by atoms with E-state index in [0.29, 0.717) is 5.69 Å². The molecule has 0 saturated carbocycles. The zero-order chi connectivity index (χ0) is 15.2. The number of aryl methyl sites for hydroxylation is 1. The van der Waals surface area contributed by atoms with Gasteiger partial charge >= 0.3 is 0 Å². The lowest BCUT2D eigenvalue weighted by molar-refractivity contribution is -0.121. The van der Waals surface area contributed by atoms with Crippen LogP contribution in [0.4, 0.5) is 5.69 Å². The third-order valence-electron chi connectivity index (χ3n) is 3.38. The molecule has 0 aliphatic rings. The Morgan fingerprint density at radius 1 is 1.27 bits per heavy atom. The maximum Gasteiger partial charge on any atom is 0.226 e. The molecule has 0 aliphatic carbocycles. The molecular weight excluding hydrogens is 298 g/mol. The van der Waals surface area contributed by atoms with E-state index >= 15 is 0 Å². The molecule has 1 atom stereocenters. The summed E-state index contributed by atoms with van der Waals surface area (Å²) in [5.74, 6) is -0.0200. The molecule has 1 amide bonds. The van der Waals surface area contributed by atoms with Gasteiger partial charge < -0.3 is 11.1 Å². The molecule has 118 valence electrons. The minimum absolute atomic E-state index is 0. The fraction of sp³-hybridized carbons (Fsp3) is 0.294. The SMILES string of the molecule is Cc1ccccc1CC(C)NC(=O)Cc1ccc(N)cn1.Cl. The number of hydrogen-bond acceptors (Lipinski definition) is 3. The van der Waals surface area contributed by atoms with Gasteiger partial charge in [0.2, 0.25) is 5.91 Å². The van der Waals surface area contributed by atoms with Gasteiger partial charge in [-0.3, -0.25) is 9.78 Å². The number of aromatic nitrogens is 1. The topological polar surface area (TPSA) is 68.0 Å². The van der Waals surface area contributed by atoms with Crippen LogP contribution in [-0.2, 0) is 17.6 Å². The highest BCUT2D eigenvalue weighted by Gasteiger charge is 2.10. The van der Waals surface area contributed by atoms with Crippen LogP contribution in [0.3, 0.4) is 0 Å². The fourth-order valence-corrected chi connectivity index (χ4v) is 2.25. The second-order valence-electron chi connectivity index (χ2n) is 5.36. The zero-order valence-corrected chi connectivity index (χ0v) is 13.7. The maximum atomic E-state index is 12.0. The zero-order valence-electron chi connectivity index (χ0n) is 12.9. The molecule has 0 aliphatic heterocycles. The van der Waals surface area contributed by atoms with Crippen molar-refractivity contribution in [3.8, 4) is 0 Å². The van der Waals surface area contributed by atoms with Gasteiger partial charge in [0.1, 0.15) is 0 Å². The second kappa shape index (κ2) is 8.39. The first-order valence-corrected chi connectivity index (χ1v) is 7.09. The number of halogens is 1. The summed E-state index contributed by atoms with van der Waals surface area (Å²) < 4.78 is 0. The van der Waals surface area contributed by atoms with Gasteiger partial charge in [-0.15, -0.1) is 12.4 Å². The van der Waals surface area contributed by atoms with Crippen LogP contribution in [0.15, 0.2) is 42.6 Å². The molecule has 0 bridgehead atoms. The Bertz CT molecular complexity index is 614. The average Bonchev–Trinajstić information content (AvgIpc) is 2.44. The molecule has 3 N–H and O–H groups in total. The van der Waals surface area contributed by atoms with Crippen molar-refractivity contribution in [3.05, 3.63) is 59.4 Å². The molecule has 4 nitrogen and oxygen atoms in total. The van der Waals surface area contributed by atoms with Gasteiger partial charge in [-0.1, -0.05) is 24.3 Å². The highest BCUT2D eigenvalue weighted by Crippen LogP contribution is 2.10. The number of nitrogens with zero attached hydrogens (tertiary/aromatic N) is 1. The Morgan fingerprint density at radius 3 is 2.64 bits per heavy atom. The van der Waals surface area contributed by atoms with E-state index in [1.807, 2.05) is 19.1 Å². The first-order chi connectivity index (χ1) is 10.0. The van der Waals surface area contributed by atoms with E-state index in [9.17, 15) is 4.79 Å². The molecule has 1 unspecified atom stereocenters. The predicted molar refractivity (Wildman–Crippen MR) is 92.1 cm³/mol. The third kappa shape index (κ3) is 5.37. The molecule has 0 fully saturated rings. The number of nitrogens with two attached hydrogens (primary N) is 1. The highest BCUT2D eigenvalue weighted by atomic mass is 35.5. The van der Waals surface area contributed by atoms with Crippen LogP contribution in [-0.4, -0.2) is 16.9 Å². The van der Waals surface area contributed by atoms with Crippen molar-refractivity contribution in [1.29, 1.82) is 0 Å². The van der Waals surface area contributed by atoms with Crippen LogP contribution in [0.5, 0.6) is 0 Å². The summed E-state index contributed by atoms with van der Waals surface area (Å²) in [6.45, 7) is 4.10.